The molecular weight excluding hydrogens is 293 g/mol. The van der Waals surface area contributed by atoms with Crippen LogP contribution in [0.15, 0.2) is 29.1 Å². The van der Waals surface area contributed by atoms with Crippen molar-refractivity contribution in [3.63, 3.8) is 0 Å². The second kappa shape index (κ2) is 4.63. The van der Waals surface area contributed by atoms with Crippen molar-refractivity contribution in [2.24, 2.45) is 0 Å². The summed E-state index contributed by atoms with van der Waals surface area (Å²) in [5.74, 6) is 1.07. The number of hydrogen-bond donors (Lipinski definition) is 2. The number of pyridine rings is 1. The van der Waals surface area contributed by atoms with Crippen molar-refractivity contribution in [1.29, 1.82) is 0 Å². The van der Waals surface area contributed by atoms with Crippen LogP contribution in [0.2, 0.25) is 5.15 Å². The Balaban J connectivity index is 2.27. The number of aromatic nitrogens is 3. The molecule has 0 aliphatic rings. The number of halogens is 2. The van der Waals surface area contributed by atoms with Crippen LogP contribution in [0.1, 0.15) is 0 Å². The highest BCUT2D eigenvalue weighted by Gasteiger charge is 2.06. The maximum atomic E-state index is 5.76. The van der Waals surface area contributed by atoms with Gasteiger partial charge >= 0.3 is 0 Å². The number of hydrogen-bond acceptors (Lipinski definition) is 5. The lowest BCUT2D eigenvalue weighted by molar-refractivity contribution is 1.16. The van der Waals surface area contributed by atoms with Gasteiger partial charge in [-0.2, -0.15) is 0 Å². The van der Waals surface area contributed by atoms with Gasteiger partial charge in [0.2, 0.25) is 0 Å². The molecule has 7 heteroatoms. The van der Waals surface area contributed by atoms with Crippen LogP contribution in [0.3, 0.4) is 0 Å². The first-order chi connectivity index (χ1) is 7.66. The zero-order valence-corrected chi connectivity index (χ0v) is 10.3. The fraction of sp³-hybridized carbons (Fsp3) is 0. The smallest absolute Gasteiger partial charge is 0.159 e. The van der Waals surface area contributed by atoms with Crippen molar-refractivity contribution in [1.82, 2.24) is 15.0 Å². The normalized spacial score (nSPS) is 10.1. The first-order valence-electron chi connectivity index (χ1n) is 4.31. The quantitative estimate of drug-likeness (QED) is 0.834. The third kappa shape index (κ3) is 2.40. The SMILES string of the molecule is Nc1c(Cl)ncnc1Nc1ccc(Br)cn1. The van der Waals surface area contributed by atoms with Crippen molar-refractivity contribution < 1.29 is 0 Å². The predicted octanol–water partition coefficient (Wildman–Crippen LogP) is 2.61. The Hall–Kier alpha value is -1.40. The monoisotopic (exact) mass is 299 g/mol. The largest absolute Gasteiger partial charge is 0.393 e. The molecule has 16 heavy (non-hydrogen) atoms. The van der Waals surface area contributed by atoms with Gasteiger partial charge in [-0.15, -0.1) is 0 Å². The van der Waals surface area contributed by atoms with E-state index in [4.69, 9.17) is 17.3 Å². The summed E-state index contributed by atoms with van der Waals surface area (Å²) in [4.78, 5) is 11.9. The Morgan fingerprint density at radius 1 is 1.25 bits per heavy atom. The third-order valence-corrected chi connectivity index (χ3v) is 2.58. The highest BCUT2D eigenvalue weighted by atomic mass is 79.9. The van der Waals surface area contributed by atoms with Gasteiger partial charge in [0.1, 0.15) is 17.8 Å². The molecule has 0 aliphatic heterocycles. The minimum Gasteiger partial charge on any atom is -0.393 e. The number of nitrogen functional groups attached to an aromatic ring is 1. The fourth-order valence-electron chi connectivity index (χ4n) is 1.04. The van der Waals surface area contributed by atoms with Crippen LogP contribution in [0, 0.1) is 0 Å². The molecule has 0 aromatic carbocycles. The molecule has 0 bridgehead atoms. The molecule has 0 unspecified atom stereocenters. The lowest BCUT2D eigenvalue weighted by atomic mass is 10.4. The summed E-state index contributed by atoms with van der Waals surface area (Å²) in [6, 6.07) is 3.65. The summed E-state index contributed by atoms with van der Waals surface area (Å²) < 4.78 is 0.895. The molecule has 82 valence electrons. The Labute approximate surface area is 105 Å². The van der Waals surface area contributed by atoms with Gasteiger partial charge in [0, 0.05) is 10.7 Å². The highest BCUT2D eigenvalue weighted by Crippen LogP contribution is 2.24. The maximum Gasteiger partial charge on any atom is 0.159 e. The van der Waals surface area contributed by atoms with E-state index in [2.05, 4.69) is 36.2 Å². The Morgan fingerprint density at radius 2 is 2.06 bits per heavy atom. The van der Waals surface area contributed by atoms with Crippen molar-refractivity contribution in [2.75, 3.05) is 11.1 Å². The molecule has 2 heterocycles. The van der Waals surface area contributed by atoms with Gasteiger partial charge in [-0.3, -0.25) is 0 Å². The molecule has 0 radical (unpaired) electrons. The van der Waals surface area contributed by atoms with E-state index in [0.29, 0.717) is 17.3 Å². The average Bonchev–Trinajstić information content (AvgIpc) is 2.28. The van der Waals surface area contributed by atoms with Crippen molar-refractivity contribution in [3.05, 3.63) is 34.3 Å². The second-order valence-corrected chi connectivity index (χ2v) is 4.19. The molecule has 2 rings (SSSR count). The van der Waals surface area contributed by atoms with Gasteiger partial charge in [0.15, 0.2) is 11.0 Å². The first kappa shape index (κ1) is 11.1. The van der Waals surface area contributed by atoms with Gasteiger partial charge in [-0.1, -0.05) is 11.6 Å². The van der Waals surface area contributed by atoms with E-state index >= 15 is 0 Å². The van der Waals surface area contributed by atoms with Gasteiger partial charge in [-0.25, -0.2) is 15.0 Å². The van der Waals surface area contributed by atoms with Gasteiger partial charge in [0.05, 0.1) is 0 Å². The predicted molar refractivity (Wildman–Crippen MR) is 66.7 cm³/mol. The van der Waals surface area contributed by atoms with Crippen LogP contribution >= 0.6 is 27.5 Å². The molecule has 0 fully saturated rings. The molecule has 3 N–H and O–H groups in total. The summed E-state index contributed by atoms with van der Waals surface area (Å²) in [5, 5.41) is 3.16. The van der Waals surface area contributed by atoms with Gasteiger partial charge in [0.25, 0.3) is 0 Å². The van der Waals surface area contributed by atoms with Gasteiger partial charge < -0.3 is 11.1 Å². The van der Waals surface area contributed by atoms with Gasteiger partial charge in [-0.05, 0) is 28.1 Å². The van der Waals surface area contributed by atoms with E-state index in [0.717, 1.165) is 4.47 Å². The van der Waals surface area contributed by atoms with E-state index in [1.54, 1.807) is 12.3 Å². The highest BCUT2D eigenvalue weighted by molar-refractivity contribution is 9.10. The molecule has 0 spiro atoms. The molecule has 0 saturated heterocycles. The minimum absolute atomic E-state index is 0.217. The van der Waals surface area contributed by atoms with E-state index in [1.807, 2.05) is 6.07 Å². The van der Waals surface area contributed by atoms with Crippen LogP contribution in [0.5, 0.6) is 0 Å². The van der Waals surface area contributed by atoms with Crippen LogP contribution in [-0.4, -0.2) is 15.0 Å². The summed E-state index contributed by atoms with van der Waals surface area (Å²) in [5.41, 5.74) is 6.00. The fourth-order valence-corrected chi connectivity index (χ4v) is 1.41. The second-order valence-electron chi connectivity index (χ2n) is 2.91. The van der Waals surface area contributed by atoms with Crippen LogP contribution in [0.25, 0.3) is 0 Å². The van der Waals surface area contributed by atoms with Crippen LogP contribution in [0.4, 0.5) is 17.3 Å². The Kier molecular flexibility index (Phi) is 3.21. The molecule has 0 atom stereocenters. The average molecular weight is 301 g/mol. The topological polar surface area (TPSA) is 76.7 Å². The minimum atomic E-state index is 0.217. The number of rotatable bonds is 2. The Morgan fingerprint density at radius 3 is 2.75 bits per heavy atom. The maximum absolute atomic E-state index is 5.76. The molecule has 5 nitrogen and oxygen atoms in total. The molecule has 0 amide bonds. The zero-order valence-electron chi connectivity index (χ0n) is 7.98. The molecule has 0 saturated carbocycles. The Bertz CT molecular complexity index is 502. The first-order valence-corrected chi connectivity index (χ1v) is 5.48. The number of nitrogens with one attached hydrogen (secondary N) is 1. The van der Waals surface area contributed by atoms with Crippen molar-refractivity contribution in [2.45, 2.75) is 0 Å². The third-order valence-electron chi connectivity index (χ3n) is 1.81. The lowest BCUT2D eigenvalue weighted by Crippen LogP contribution is -2.01. The summed E-state index contributed by atoms with van der Waals surface area (Å²) in [7, 11) is 0. The van der Waals surface area contributed by atoms with Crippen molar-refractivity contribution >= 4 is 44.9 Å². The summed E-state index contributed by atoms with van der Waals surface area (Å²) in [6.45, 7) is 0. The number of nitrogens with two attached hydrogens (primary N) is 1. The molecule has 0 aliphatic carbocycles. The van der Waals surface area contributed by atoms with E-state index in [-0.39, 0.29) is 5.15 Å². The van der Waals surface area contributed by atoms with Crippen LogP contribution in [-0.2, 0) is 0 Å². The molecule has 2 aromatic rings. The van der Waals surface area contributed by atoms with Crippen LogP contribution < -0.4 is 11.1 Å². The zero-order chi connectivity index (χ0) is 11.5. The van der Waals surface area contributed by atoms with Crippen molar-refractivity contribution in [3.8, 4) is 0 Å². The molecule has 2 aromatic heterocycles. The molecular formula is C9H7BrClN5. The number of nitrogens with zero attached hydrogens (tertiary/aromatic N) is 3. The summed E-state index contributed by atoms with van der Waals surface area (Å²) in [6.07, 6.45) is 3.00. The van der Waals surface area contributed by atoms with E-state index < -0.39 is 0 Å². The van der Waals surface area contributed by atoms with E-state index in [1.165, 1.54) is 6.33 Å². The lowest BCUT2D eigenvalue weighted by Gasteiger charge is -2.07. The van der Waals surface area contributed by atoms with E-state index in [9.17, 15) is 0 Å². The standard InChI is InChI=1S/C9H7BrClN5/c10-5-1-2-6(13-3-5)16-9-7(12)8(11)14-4-15-9/h1-4H,12H2,(H,13,14,15,16). The summed E-state index contributed by atoms with van der Waals surface area (Å²) >= 11 is 9.06. The number of anilines is 3.